The first-order valence-electron chi connectivity index (χ1n) is 6.13. The summed E-state index contributed by atoms with van der Waals surface area (Å²) in [5.74, 6) is -0.391. The molecule has 0 aromatic rings. The first kappa shape index (κ1) is 15.9. The zero-order chi connectivity index (χ0) is 13.1. The van der Waals surface area contributed by atoms with Gasteiger partial charge < -0.3 is 15.0 Å². The molecule has 0 fully saturated rings. The highest BCUT2D eigenvalue weighted by atomic mass is 16.5. The number of carbonyl (C=O) groups is 2. The lowest BCUT2D eigenvalue weighted by Crippen LogP contribution is -2.25. The molecule has 0 saturated heterocycles. The van der Waals surface area contributed by atoms with Crippen LogP contribution in [-0.2, 0) is 14.3 Å². The van der Waals surface area contributed by atoms with Crippen molar-refractivity contribution in [3.05, 3.63) is 0 Å². The van der Waals surface area contributed by atoms with Gasteiger partial charge in [-0.05, 0) is 40.4 Å². The summed E-state index contributed by atoms with van der Waals surface area (Å²) in [4.78, 5) is 24.4. The van der Waals surface area contributed by atoms with E-state index in [1.165, 1.54) is 0 Å². The number of hydrogen-bond acceptors (Lipinski definition) is 4. The Hall–Kier alpha value is -1.10. The molecule has 5 heteroatoms. The monoisotopic (exact) mass is 244 g/mol. The van der Waals surface area contributed by atoms with E-state index in [1.807, 2.05) is 14.1 Å². The molecule has 0 spiro atoms. The molecule has 0 saturated carbocycles. The summed E-state index contributed by atoms with van der Waals surface area (Å²) in [5, 5.41) is 2.79. The van der Waals surface area contributed by atoms with E-state index in [1.54, 1.807) is 6.92 Å². The van der Waals surface area contributed by atoms with Gasteiger partial charge in [-0.3, -0.25) is 9.59 Å². The van der Waals surface area contributed by atoms with E-state index in [9.17, 15) is 9.59 Å². The highest BCUT2D eigenvalue weighted by Crippen LogP contribution is 1.94. The maximum Gasteiger partial charge on any atom is 0.306 e. The van der Waals surface area contributed by atoms with Crippen molar-refractivity contribution in [3.8, 4) is 0 Å². The van der Waals surface area contributed by atoms with E-state index in [2.05, 4.69) is 10.2 Å². The van der Waals surface area contributed by atoms with Gasteiger partial charge >= 0.3 is 5.97 Å². The third-order valence-corrected chi connectivity index (χ3v) is 2.22. The zero-order valence-corrected chi connectivity index (χ0v) is 11.1. The Labute approximate surface area is 103 Å². The largest absolute Gasteiger partial charge is 0.466 e. The maximum absolute atomic E-state index is 11.3. The Bertz CT molecular complexity index is 230. The molecule has 0 aromatic carbocycles. The molecule has 0 radical (unpaired) electrons. The molecule has 0 atom stereocenters. The van der Waals surface area contributed by atoms with Crippen LogP contribution in [0.15, 0.2) is 0 Å². The summed E-state index contributed by atoms with van der Waals surface area (Å²) < 4.78 is 4.74. The first-order valence-corrected chi connectivity index (χ1v) is 6.13. The van der Waals surface area contributed by atoms with E-state index in [4.69, 9.17) is 4.74 Å². The molecule has 1 N–H and O–H groups in total. The van der Waals surface area contributed by atoms with Crippen LogP contribution in [0.1, 0.15) is 32.6 Å². The Morgan fingerprint density at radius 3 is 2.47 bits per heavy atom. The van der Waals surface area contributed by atoms with E-state index < -0.39 is 0 Å². The number of amides is 1. The number of esters is 1. The van der Waals surface area contributed by atoms with E-state index in [0.717, 1.165) is 19.4 Å². The Morgan fingerprint density at radius 2 is 1.88 bits per heavy atom. The van der Waals surface area contributed by atoms with Crippen molar-refractivity contribution in [2.45, 2.75) is 32.6 Å². The molecule has 100 valence electrons. The molecule has 0 bridgehead atoms. The normalized spacial score (nSPS) is 10.4. The third-order valence-electron chi connectivity index (χ3n) is 2.22. The topological polar surface area (TPSA) is 58.6 Å². The summed E-state index contributed by atoms with van der Waals surface area (Å²) in [7, 11) is 4.05. The van der Waals surface area contributed by atoms with Gasteiger partial charge in [-0.1, -0.05) is 0 Å². The second-order valence-corrected chi connectivity index (χ2v) is 4.17. The molecule has 17 heavy (non-hydrogen) atoms. The minimum Gasteiger partial charge on any atom is -0.466 e. The van der Waals surface area contributed by atoms with Crippen molar-refractivity contribution in [2.24, 2.45) is 0 Å². The molecular weight excluding hydrogens is 220 g/mol. The molecule has 0 aromatic heterocycles. The number of nitrogens with one attached hydrogen (secondary N) is 1. The van der Waals surface area contributed by atoms with Crippen LogP contribution in [0.5, 0.6) is 0 Å². The highest BCUT2D eigenvalue weighted by Gasteiger charge is 2.06. The van der Waals surface area contributed by atoms with Crippen LogP contribution >= 0.6 is 0 Å². The summed E-state index contributed by atoms with van der Waals surface area (Å²) in [6, 6.07) is 0. The quantitative estimate of drug-likeness (QED) is 0.481. The predicted molar refractivity (Wildman–Crippen MR) is 66.7 cm³/mol. The number of ether oxygens (including phenoxy) is 1. The van der Waals surface area contributed by atoms with Crippen LogP contribution in [0.25, 0.3) is 0 Å². The van der Waals surface area contributed by atoms with Crippen molar-refractivity contribution in [1.82, 2.24) is 10.2 Å². The van der Waals surface area contributed by atoms with Crippen molar-refractivity contribution >= 4 is 11.9 Å². The lowest BCUT2D eigenvalue weighted by molar-refractivity contribution is -0.144. The van der Waals surface area contributed by atoms with Crippen LogP contribution in [-0.4, -0.2) is 50.6 Å². The fourth-order valence-electron chi connectivity index (χ4n) is 1.32. The minimum absolute atomic E-state index is 0.0806. The van der Waals surface area contributed by atoms with Gasteiger partial charge in [0.15, 0.2) is 0 Å². The van der Waals surface area contributed by atoms with Crippen molar-refractivity contribution in [3.63, 3.8) is 0 Å². The average molecular weight is 244 g/mol. The van der Waals surface area contributed by atoms with Gasteiger partial charge in [-0.2, -0.15) is 0 Å². The van der Waals surface area contributed by atoms with Gasteiger partial charge in [0, 0.05) is 13.0 Å². The summed E-state index contributed by atoms with van der Waals surface area (Å²) in [6.45, 7) is 3.82. The summed E-state index contributed by atoms with van der Waals surface area (Å²) >= 11 is 0. The zero-order valence-electron chi connectivity index (χ0n) is 11.1. The second kappa shape index (κ2) is 10.1. The van der Waals surface area contributed by atoms with E-state index in [-0.39, 0.29) is 24.7 Å². The van der Waals surface area contributed by atoms with E-state index >= 15 is 0 Å². The smallest absolute Gasteiger partial charge is 0.306 e. The fraction of sp³-hybridized carbons (Fsp3) is 0.833. The molecule has 1 amide bonds. The molecule has 5 nitrogen and oxygen atoms in total. The molecule has 0 aliphatic heterocycles. The number of nitrogens with zero attached hydrogens (tertiary/aromatic N) is 1. The van der Waals surface area contributed by atoms with E-state index in [0.29, 0.717) is 13.2 Å². The lowest BCUT2D eigenvalue weighted by Gasteiger charge is -2.09. The van der Waals surface area contributed by atoms with Crippen LogP contribution in [0.4, 0.5) is 0 Å². The molecule has 0 rings (SSSR count). The summed E-state index contributed by atoms with van der Waals surface area (Å²) in [5.41, 5.74) is 0. The van der Waals surface area contributed by atoms with Crippen molar-refractivity contribution < 1.29 is 14.3 Å². The first-order chi connectivity index (χ1) is 8.06. The standard InChI is InChI=1S/C12H24N2O3/c1-4-17-12(16)8-7-11(15)13-9-5-6-10-14(2)3/h4-10H2,1-3H3,(H,13,15). The number of hydrogen-bond donors (Lipinski definition) is 1. The number of carbonyl (C=O) groups excluding carboxylic acids is 2. The van der Waals surface area contributed by atoms with Crippen LogP contribution < -0.4 is 5.32 Å². The van der Waals surface area contributed by atoms with Gasteiger partial charge in [0.2, 0.25) is 5.91 Å². The average Bonchev–Trinajstić information content (AvgIpc) is 2.26. The predicted octanol–water partition coefficient (Wildman–Crippen LogP) is 0.788. The Morgan fingerprint density at radius 1 is 1.18 bits per heavy atom. The molecule has 0 aliphatic carbocycles. The SMILES string of the molecule is CCOC(=O)CCC(=O)NCCCCN(C)C. The van der Waals surface area contributed by atoms with Crippen LogP contribution in [0, 0.1) is 0 Å². The fourth-order valence-corrected chi connectivity index (χ4v) is 1.32. The third kappa shape index (κ3) is 11.2. The Kier molecular flexibility index (Phi) is 9.43. The molecule has 0 aliphatic rings. The van der Waals surface area contributed by atoms with Crippen LogP contribution in [0.2, 0.25) is 0 Å². The second-order valence-electron chi connectivity index (χ2n) is 4.17. The maximum atomic E-state index is 11.3. The van der Waals surface area contributed by atoms with Gasteiger partial charge in [0.25, 0.3) is 0 Å². The van der Waals surface area contributed by atoms with Gasteiger partial charge in [-0.25, -0.2) is 0 Å². The molecule has 0 heterocycles. The van der Waals surface area contributed by atoms with Crippen LogP contribution in [0.3, 0.4) is 0 Å². The van der Waals surface area contributed by atoms with Gasteiger partial charge in [0.05, 0.1) is 13.0 Å². The van der Waals surface area contributed by atoms with Crippen molar-refractivity contribution in [1.29, 1.82) is 0 Å². The highest BCUT2D eigenvalue weighted by molar-refractivity contribution is 5.81. The summed E-state index contributed by atoms with van der Waals surface area (Å²) in [6.07, 6.45) is 2.40. The van der Waals surface area contributed by atoms with Gasteiger partial charge in [0.1, 0.15) is 0 Å². The molecule has 0 unspecified atom stereocenters. The number of unbranched alkanes of at least 4 members (excludes halogenated alkanes) is 1. The minimum atomic E-state index is -0.310. The van der Waals surface area contributed by atoms with Gasteiger partial charge in [-0.15, -0.1) is 0 Å². The van der Waals surface area contributed by atoms with Crippen molar-refractivity contribution in [2.75, 3.05) is 33.8 Å². The lowest BCUT2D eigenvalue weighted by atomic mass is 10.2. The Balaban J connectivity index is 3.38. The number of rotatable bonds is 9. The molecular formula is C12H24N2O3.